The van der Waals surface area contributed by atoms with Crippen LogP contribution >= 0.6 is 11.3 Å². The van der Waals surface area contributed by atoms with E-state index in [0.29, 0.717) is 24.7 Å². The number of anilines is 1. The molecule has 0 spiro atoms. The normalized spacial score (nSPS) is 11.7. The van der Waals surface area contributed by atoms with Gasteiger partial charge in [0.15, 0.2) is 5.13 Å². The van der Waals surface area contributed by atoms with Gasteiger partial charge in [-0.3, -0.25) is 10.1 Å². The van der Waals surface area contributed by atoms with E-state index in [0.717, 1.165) is 11.3 Å². The van der Waals surface area contributed by atoms with Gasteiger partial charge in [0, 0.05) is 30.0 Å². The minimum absolute atomic E-state index is 0.107. The Labute approximate surface area is 228 Å². The Kier molecular flexibility index (Phi) is 9.65. The molecular weight excluding hydrogens is 494 g/mol. The lowest BCUT2D eigenvalue weighted by atomic mass is 9.88. The summed E-state index contributed by atoms with van der Waals surface area (Å²) in [5.74, 6) is -0.660. The Bertz CT molecular complexity index is 1260. The van der Waals surface area contributed by atoms with E-state index in [1.54, 1.807) is 18.7 Å². The zero-order valence-corrected chi connectivity index (χ0v) is 22.6. The number of urea groups is 1. The van der Waals surface area contributed by atoms with E-state index >= 15 is 0 Å². The topological polar surface area (TPSA) is 71.5 Å². The number of hydrogen-bond donors (Lipinski definition) is 1. The van der Waals surface area contributed by atoms with Gasteiger partial charge in [0.2, 0.25) is 0 Å². The first-order valence-electron chi connectivity index (χ1n) is 12.9. The third-order valence-corrected chi connectivity index (χ3v) is 7.11. The van der Waals surface area contributed by atoms with E-state index in [4.69, 9.17) is 4.74 Å². The number of amides is 2. The number of nitrogens with zero attached hydrogens (tertiary/aromatic N) is 2. The standard InChI is InChI=1S/C31H33N3O3S/c1-3-37-29(35)23(2)21-34(31(36)33-30-32-28(22-38-30)26-17-11-6-12-18-26)20-19-27(24-13-7-4-8-14-24)25-15-9-5-10-16-25/h4-18,22-23,27H,3,19-21H2,1-2H3,(H,32,33,36). The molecule has 7 heteroatoms. The molecule has 4 aromatic rings. The highest BCUT2D eigenvalue weighted by Crippen LogP contribution is 2.29. The van der Waals surface area contributed by atoms with E-state index in [-0.39, 0.29) is 24.5 Å². The second-order valence-corrected chi connectivity index (χ2v) is 9.95. The number of ether oxygens (including phenoxy) is 1. The number of carbonyl (C=O) groups is 2. The Hall–Kier alpha value is -3.97. The fraction of sp³-hybridized carbons (Fsp3) is 0.258. The predicted molar refractivity (Wildman–Crippen MR) is 153 cm³/mol. The number of aromatic nitrogens is 1. The summed E-state index contributed by atoms with van der Waals surface area (Å²) >= 11 is 1.38. The summed E-state index contributed by atoms with van der Waals surface area (Å²) in [5, 5.41) is 5.40. The van der Waals surface area contributed by atoms with Crippen molar-refractivity contribution in [1.29, 1.82) is 0 Å². The molecule has 0 aliphatic carbocycles. The number of carbonyl (C=O) groups excluding carboxylic acids is 2. The second kappa shape index (κ2) is 13.5. The minimum Gasteiger partial charge on any atom is -0.466 e. The minimum atomic E-state index is -0.455. The fourth-order valence-corrected chi connectivity index (χ4v) is 5.10. The Balaban J connectivity index is 1.52. The van der Waals surface area contributed by atoms with Crippen LogP contribution in [0.25, 0.3) is 11.3 Å². The van der Waals surface area contributed by atoms with Crippen LogP contribution in [0.4, 0.5) is 9.93 Å². The molecule has 1 atom stereocenters. The van der Waals surface area contributed by atoms with Crippen molar-refractivity contribution in [1.82, 2.24) is 9.88 Å². The highest BCUT2D eigenvalue weighted by molar-refractivity contribution is 7.14. The Morgan fingerprint density at radius 2 is 1.50 bits per heavy atom. The van der Waals surface area contributed by atoms with Crippen molar-refractivity contribution in [2.24, 2.45) is 5.92 Å². The average Bonchev–Trinajstić information content (AvgIpc) is 3.42. The van der Waals surface area contributed by atoms with Crippen LogP contribution in [0.1, 0.15) is 37.3 Å². The molecule has 0 radical (unpaired) electrons. The van der Waals surface area contributed by atoms with E-state index in [9.17, 15) is 9.59 Å². The van der Waals surface area contributed by atoms with Crippen molar-refractivity contribution in [2.45, 2.75) is 26.2 Å². The quantitative estimate of drug-likeness (QED) is 0.212. The Morgan fingerprint density at radius 3 is 2.08 bits per heavy atom. The lowest BCUT2D eigenvalue weighted by Crippen LogP contribution is -2.41. The number of hydrogen-bond acceptors (Lipinski definition) is 5. The number of esters is 1. The van der Waals surface area contributed by atoms with Crippen molar-refractivity contribution < 1.29 is 14.3 Å². The Morgan fingerprint density at radius 1 is 0.921 bits per heavy atom. The third kappa shape index (κ3) is 7.29. The molecule has 3 aromatic carbocycles. The van der Waals surface area contributed by atoms with Gasteiger partial charge in [-0.05, 0) is 24.5 Å². The number of benzene rings is 3. The molecule has 0 fully saturated rings. The molecular formula is C31H33N3O3S. The lowest BCUT2D eigenvalue weighted by molar-refractivity contribution is -0.147. The van der Waals surface area contributed by atoms with E-state index in [1.165, 1.54) is 22.5 Å². The summed E-state index contributed by atoms with van der Waals surface area (Å²) in [4.78, 5) is 32.2. The summed E-state index contributed by atoms with van der Waals surface area (Å²) in [6.07, 6.45) is 0.699. The molecule has 0 saturated carbocycles. The van der Waals surface area contributed by atoms with Gasteiger partial charge in [-0.15, -0.1) is 11.3 Å². The van der Waals surface area contributed by atoms with Crippen molar-refractivity contribution in [3.05, 3.63) is 108 Å². The van der Waals surface area contributed by atoms with Crippen LogP contribution in [-0.4, -0.2) is 41.6 Å². The molecule has 1 N–H and O–H groups in total. The zero-order valence-electron chi connectivity index (χ0n) is 21.7. The maximum absolute atomic E-state index is 13.5. The van der Waals surface area contributed by atoms with Gasteiger partial charge in [0.1, 0.15) is 0 Å². The molecule has 0 aliphatic rings. The molecule has 196 valence electrons. The maximum Gasteiger partial charge on any atom is 0.323 e. The van der Waals surface area contributed by atoms with Gasteiger partial charge in [-0.25, -0.2) is 9.78 Å². The fourth-order valence-electron chi connectivity index (χ4n) is 4.39. The SMILES string of the molecule is CCOC(=O)C(C)CN(CCC(c1ccccc1)c1ccccc1)C(=O)Nc1nc(-c2ccccc2)cs1. The monoisotopic (exact) mass is 527 g/mol. The first kappa shape index (κ1) is 27.1. The van der Waals surface area contributed by atoms with Crippen LogP contribution in [0.5, 0.6) is 0 Å². The van der Waals surface area contributed by atoms with E-state index in [1.807, 2.05) is 72.1 Å². The smallest absolute Gasteiger partial charge is 0.323 e. The van der Waals surface area contributed by atoms with Crippen LogP contribution in [0, 0.1) is 5.92 Å². The molecule has 2 amide bonds. The largest absolute Gasteiger partial charge is 0.466 e. The number of rotatable bonds is 11. The zero-order chi connectivity index (χ0) is 26.7. The molecule has 1 aromatic heterocycles. The van der Waals surface area contributed by atoms with Gasteiger partial charge in [0.25, 0.3) is 0 Å². The van der Waals surface area contributed by atoms with Gasteiger partial charge in [-0.1, -0.05) is 97.9 Å². The van der Waals surface area contributed by atoms with Crippen molar-refractivity contribution in [3.63, 3.8) is 0 Å². The molecule has 1 heterocycles. The van der Waals surface area contributed by atoms with Gasteiger partial charge >= 0.3 is 12.0 Å². The molecule has 6 nitrogen and oxygen atoms in total. The number of nitrogens with one attached hydrogen (secondary N) is 1. The van der Waals surface area contributed by atoms with Crippen molar-refractivity contribution in [2.75, 3.05) is 25.0 Å². The van der Waals surface area contributed by atoms with E-state index in [2.05, 4.69) is 34.6 Å². The third-order valence-electron chi connectivity index (χ3n) is 6.35. The first-order chi connectivity index (χ1) is 18.5. The van der Waals surface area contributed by atoms with Crippen LogP contribution in [0.2, 0.25) is 0 Å². The highest BCUT2D eigenvalue weighted by Gasteiger charge is 2.24. The summed E-state index contributed by atoms with van der Waals surface area (Å²) in [7, 11) is 0. The highest BCUT2D eigenvalue weighted by atomic mass is 32.1. The van der Waals surface area contributed by atoms with Gasteiger partial charge < -0.3 is 9.64 Å². The summed E-state index contributed by atoms with van der Waals surface area (Å²) in [5.41, 5.74) is 4.17. The molecule has 0 saturated heterocycles. The van der Waals surface area contributed by atoms with Crippen LogP contribution in [-0.2, 0) is 9.53 Å². The predicted octanol–water partition coefficient (Wildman–Crippen LogP) is 7.07. The number of thiazole rings is 1. The van der Waals surface area contributed by atoms with Crippen LogP contribution < -0.4 is 5.32 Å². The summed E-state index contributed by atoms with van der Waals surface area (Å²) < 4.78 is 5.21. The van der Waals surface area contributed by atoms with Crippen molar-refractivity contribution in [3.8, 4) is 11.3 Å². The van der Waals surface area contributed by atoms with E-state index < -0.39 is 5.92 Å². The summed E-state index contributed by atoms with van der Waals surface area (Å²) in [6.45, 7) is 4.59. The lowest BCUT2D eigenvalue weighted by Gasteiger charge is -2.27. The molecule has 1 unspecified atom stereocenters. The van der Waals surface area contributed by atoms with Gasteiger partial charge in [0.05, 0.1) is 18.2 Å². The molecule has 4 rings (SSSR count). The van der Waals surface area contributed by atoms with Crippen LogP contribution in [0.15, 0.2) is 96.4 Å². The summed E-state index contributed by atoms with van der Waals surface area (Å²) in [6, 6.07) is 30.2. The molecule has 0 bridgehead atoms. The molecule has 0 aliphatic heterocycles. The van der Waals surface area contributed by atoms with Crippen LogP contribution in [0.3, 0.4) is 0 Å². The van der Waals surface area contributed by atoms with Gasteiger partial charge in [-0.2, -0.15) is 0 Å². The first-order valence-corrected chi connectivity index (χ1v) is 13.8. The maximum atomic E-state index is 13.5. The second-order valence-electron chi connectivity index (χ2n) is 9.10. The average molecular weight is 528 g/mol. The molecule has 38 heavy (non-hydrogen) atoms. The van der Waals surface area contributed by atoms with Crippen molar-refractivity contribution >= 4 is 28.5 Å².